The number of hydrogen-bond donors (Lipinski definition) is 0. The Morgan fingerprint density at radius 3 is 1.68 bits per heavy atom. The summed E-state index contributed by atoms with van der Waals surface area (Å²) >= 11 is 0. The van der Waals surface area contributed by atoms with E-state index in [-0.39, 0.29) is 19.9 Å². The fourth-order valence-electron chi connectivity index (χ4n) is 0.543. The summed E-state index contributed by atoms with van der Waals surface area (Å²) in [6, 6.07) is 0. The first-order valence-electron chi connectivity index (χ1n) is 6.33. The topological polar surface area (TPSA) is 18.5 Å². The van der Waals surface area contributed by atoms with Crippen molar-refractivity contribution in [3.63, 3.8) is 0 Å². The summed E-state index contributed by atoms with van der Waals surface area (Å²) in [4.78, 5) is 3.19. The standard InChI is InChI=1S/C5H9F3O.C4H9F.C3H7FO/c1-2-9-4-3-5(6,7)8;1-2-3-4-5;1-2-3-5-4/h2-4H2,1H3;2-4H2,1H3;2-3H2,1H3. The van der Waals surface area contributed by atoms with Gasteiger partial charge in [-0.05, 0) is 24.3 Å². The van der Waals surface area contributed by atoms with Crippen molar-refractivity contribution in [2.45, 2.75) is 52.6 Å². The second-order valence-corrected chi connectivity index (χ2v) is 3.42. The highest BCUT2D eigenvalue weighted by atomic mass is 19.4. The first-order valence-corrected chi connectivity index (χ1v) is 6.33. The smallest absolute Gasteiger partial charge is 0.381 e. The highest BCUT2D eigenvalue weighted by molar-refractivity contribution is 4.46. The van der Waals surface area contributed by atoms with Gasteiger partial charge in [0, 0.05) is 6.61 Å². The van der Waals surface area contributed by atoms with E-state index in [1.165, 1.54) is 0 Å². The lowest BCUT2D eigenvalue weighted by Gasteiger charge is -2.04. The molecule has 120 valence electrons. The summed E-state index contributed by atoms with van der Waals surface area (Å²) in [6.07, 6.45) is -2.48. The largest absolute Gasteiger partial charge is 0.391 e. The minimum absolute atomic E-state index is 0.156. The molecule has 19 heavy (non-hydrogen) atoms. The van der Waals surface area contributed by atoms with Crippen molar-refractivity contribution in [1.29, 1.82) is 0 Å². The molecular formula is C12H25F5O2. The minimum Gasteiger partial charge on any atom is -0.381 e. The number of halogens is 5. The number of unbranched alkanes of at least 4 members (excludes halogenated alkanes) is 1. The van der Waals surface area contributed by atoms with Gasteiger partial charge in [-0.1, -0.05) is 20.3 Å². The van der Waals surface area contributed by atoms with Crippen LogP contribution in [0.2, 0.25) is 0 Å². The summed E-state index contributed by atoms with van der Waals surface area (Å²) in [5.74, 6) is 0. The Bertz CT molecular complexity index is 133. The average molecular weight is 296 g/mol. The number of hydrogen-bond acceptors (Lipinski definition) is 2. The third-order valence-electron chi connectivity index (χ3n) is 1.50. The summed E-state index contributed by atoms with van der Waals surface area (Å²) in [5, 5.41) is 0. The van der Waals surface area contributed by atoms with Gasteiger partial charge < -0.3 is 4.74 Å². The molecule has 0 N–H and O–H groups in total. The monoisotopic (exact) mass is 296 g/mol. The maximum Gasteiger partial charge on any atom is 0.391 e. The molecule has 0 heterocycles. The zero-order valence-corrected chi connectivity index (χ0v) is 11.9. The van der Waals surface area contributed by atoms with Crippen molar-refractivity contribution >= 4 is 0 Å². The van der Waals surface area contributed by atoms with E-state index in [1.54, 1.807) is 6.92 Å². The molecule has 0 aliphatic rings. The first kappa shape index (κ1) is 23.6. The first-order chi connectivity index (χ1) is 8.89. The Labute approximate surface area is 112 Å². The SMILES string of the molecule is CCCCF.CCCOF.CCOCCC(F)(F)F. The van der Waals surface area contributed by atoms with Gasteiger partial charge in [0.2, 0.25) is 0 Å². The van der Waals surface area contributed by atoms with E-state index in [0.29, 0.717) is 6.61 Å². The van der Waals surface area contributed by atoms with Gasteiger partial charge in [-0.3, -0.25) is 4.39 Å². The molecule has 0 radical (unpaired) electrons. The zero-order chi connectivity index (χ0) is 15.6. The molecule has 0 aromatic rings. The predicted molar refractivity (Wildman–Crippen MR) is 65.4 cm³/mol. The Kier molecular flexibility index (Phi) is 24.8. The molecule has 7 heteroatoms. The van der Waals surface area contributed by atoms with Crippen LogP contribution in [0.15, 0.2) is 0 Å². The summed E-state index contributed by atoms with van der Waals surface area (Å²) in [5.41, 5.74) is 0. The molecule has 0 fully saturated rings. The second kappa shape index (κ2) is 19.9. The van der Waals surface area contributed by atoms with E-state index in [4.69, 9.17) is 0 Å². The summed E-state index contributed by atoms with van der Waals surface area (Å²) in [7, 11) is 0. The van der Waals surface area contributed by atoms with Crippen molar-refractivity contribution < 1.29 is 31.8 Å². The van der Waals surface area contributed by atoms with Crippen LogP contribution in [-0.2, 0) is 9.68 Å². The van der Waals surface area contributed by atoms with Gasteiger partial charge in [0.25, 0.3) is 0 Å². The molecule has 0 aromatic carbocycles. The van der Waals surface area contributed by atoms with Crippen molar-refractivity contribution in [1.82, 2.24) is 0 Å². The lowest BCUT2D eigenvalue weighted by molar-refractivity contribution is -0.144. The molecule has 0 aromatic heterocycles. The van der Waals surface area contributed by atoms with Crippen LogP contribution in [0.25, 0.3) is 0 Å². The molecular weight excluding hydrogens is 271 g/mol. The zero-order valence-electron chi connectivity index (χ0n) is 11.9. The Morgan fingerprint density at radius 1 is 0.947 bits per heavy atom. The highest BCUT2D eigenvalue weighted by Gasteiger charge is 2.26. The number of rotatable bonds is 7. The average Bonchev–Trinajstić information content (AvgIpc) is 2.31. The molecule has 0 bridgehead atoms. The molecule has 0 spiro atoms. The molecule has 2 nitrogen and oxygen atoms in total. The van der Waals surface area contributed by atoms with Crippen molar-refractivity contribution in [3.05, 3.63) is 0 Å². The van der Waals surface area contributed by atoms with Crippen LogP contribution in [0.1, 0.15) is 46.5 Å². The molecule has 0 atom stereocenters. The molecule has 0 rings (SSSR count). The van der Waals surface area contributed by atoms with E-state index >= 15 is 0 Å². The van der Waals surface area contributed by atoms with E-state index in [0.717, 1.165) is 19.3 Å². The van der Waals surface area contributed by atoms with E-state index in [2.05, 4.69) is 9.68 Å². The van der Waals surface area contributed by atoms with Crippen LogP contribution in [0.4, 0.5) is 22.1 Å². The molecule has 0 saturated heterocycles. The minimum atomic E-state index is -4.07. The predicted octanol–water partition coefficient (Wildman–Crippen LogP) is 5.03. The second-order valence-electron chi connectivity index (χ2n) is 3.42. The quantitative estimate of drug-likeness (QED) is 0.484. The summed E-state index contributed by atoms with van der Waals surface area (Å²) in [6.45, 7) is 5.67. The van der Waals surface area contributed by atoms with Crippen LogP contribution < -0.4 is 0 Å². The van der Waals surface area contributed by atoms with Gasteiger partial charge in [-0.25, -0.2) is 0 Å². The van der Waals surface area contributed by atoms with Crippen molar-refractivity contribution in [2.75, 3.05) is 26.5 Å². The van der Waals surface area contributed by atoms with E-state index in [1.807, 2.05) is 13.8 Å². The fraction of sp³-hybridized carbons (Fsp3) is 1.00. The Balaban J connectivity index is -0.000000219. The molecule has 0 aliphatic heterocycles. The van der Waals surface area contributed by atoms with Gasteiger partial charge in [0.1, 0.15) is 0 Å². The van der Waals surface area contributed by atoms with Crippen LogP contribution in [0.5, 0.6) is 0 Å². The Hall–Kier alpha value is -0.430. The summed E-state index contributed by atoms with van der Waals surface area (Å²) < 4.78 is 59.9. The van der Waals surface area contributed by atoms with Crippen molar-refractivity contribution in [3.8, 4) is 0 Å². The normalized spacial score (nSPS) is 10.1. The van der Waals surface area contributed by atoms with Crippen LogP contribution in [0.3, 0.4) is 0 Å². The van der Waals surface area contributed by atoms with Gasteiger partial charge in [0.05, 0.1) is 26.3 Å². The molecule has 0 aliphatic carbocycles. The lowest BCUT2D eigenvalue weighted by Crippen LogP contribution is -2.11. The van der Waals surface area contributed by atoms with E-state index < -0.39 is 12.6 Å². The lowest BCUT2D eigenvalue weighted by atomic mass is 10.4. The van der Waals surface area contributed by atoms with Crippen molar-refractivity contribution in [2.24, 2.45) is 0 Å². The van der Waals surface area contributed by atoms with Crippen LogP contribution >= 0.6 is 0 Å². The number of ether oxygens (including phenoxy) is 1. The maximum absolute atomic E-state index is 11.3. The third-order valence-corrected chi connectivity index (χ3v) is 1.50. The van der Waals surface area contributed by atoms with Gasteiger partial charge in [-0.2, -0.15) is 18.1 Å². The number of alkyl halides is 4. The van der Waals surface area contributed by atoms with Gasteiger partial charge in [-0.15, -0.1) is 0 Å². The van der Waals surface area contributed by atoms with Crippen LogP contribution in [0, 0.1) is 0 Å². The highest BCUT2D eigenvalue weighted by Crippen LogP contribution is 2.18. The van der Waals surface area contributed by atoms with Gasteiger partial charge in [0.15, 0.2) is 0 Å². The fourth-order valence-corrected chi connectivity index (χ4v) is 0.543. The third kappa shape index (κ3) is 46.5. The van der Waals surface area contributed by atoms with E-state index in [9.17, 15) is 22.1 Å². The Morgan fingerprint density at radius 2 is 1.53 bits per heavy atom. The molecule has 0 amide bonds. The maximum atomic E-state index is 11.3. The molecule has 0 saturated carbocycles. The van der Waals surface area contributed by atoms with Crippen LogP contribution in [-0.4, -0.2) is 32.7 Å². The molecule has 0 unspecified atom stereocenters. The van der Waals surface area contributed by atoms with Gasteiger partial charge >= 0.3 is 6.18 Å².